The van der Waals surface area contributed by atoms with E-state index < -0.39 is 5.97 Å². The average Bonchev–Trinajstić information content (AvgIpc) is 2.88. The second-order valence-corrected chi connectivity index (χ2v) is 9.49. The Morgan fingerprint density at radius 3 is 2.46 bits per heavy atom. The molecule has 37 heavy (non-hydrogen) atoms. The normalized spacial score (nSPS) is 11.8. The van der Waals surface area contributed by atoms with E-state index in [1.165, 1.54) is 23.8 Å². The molecule has 1 atom stereocenters. The summed E-state index contributed by atoms with van der Waals surface area (Å²) in [4.78, 5) is 10.6. The van der Waals surface area contributed by atoms with Crippen LogP contribution in [0, 0.1) is 19.7 Å². The van der Waals surface area contributed by atoms with Crippen molar-refractivity contribution in [3.8, 4) is 11.5 Å². The van der Waals surface area contributed by atoms with Crippen molar-refractivity contribution in [1.82, 2.24) is 5.32 Å². The summed E-state index contributed by atoms with van der Waals surface area (Å²) in [5.74, 6) is 0.0268. The van der Waals surface area contributed by atoms with Gasteiger partial charge < -0.3 is 19.9 Å². The van der Waals surface area contributed by atoms with E-state index in [1.807, 2.05) is 36.4 Å². The highest BCUT2D eigenvalue weighted by molar-refractivity contribution is 5.66. The number of carbonyl (C=O) groups is 1. The summed E-state index contributed by atoms with van der Waals surface area (Å²) in [6, 6.07) is 19.7. The van der Waals surface area contributed by atoms with E-state index in [4.69, 9.17) is 14.6 Å². The Morgan fingerprint density at radius 1 is 1.00 bits per heavy atom. The van der Waals surface area contributed by atoms with Gasteiger partial charge in [0, 0.05) is 13.0 Å². The van der Waals surface area contributed by atoms with Gasteiger partial charge in [0.1, 0.15) is 5.75 Å². The Hall–Kier alpha value is -3.38. The lowest BCUT2D eigenvalue weighted by Gasteiger charge is -2.20. The van der Waals surface area contributed by atoms with Gasteiger partial charge in [0.25, 0.3) is 0 Å². The number of aliphatic carboxylic acids is 1. The number of rotatable bonds is 15. The lowest BCUT2D eigenvalue weighted by molar-refractivity contribution is -0.137. The van der Waals surface area contributed by atoms with Gasteiger partial charge in [-0.3, -0.25) is 4.79 Å². The van der Waals surface area contributed by atoms with E-state index in [1.54, 1.807) is 6.07 Å². The highest BCUT2D eigenvalue weighted by atomic mass is 19.1. The van der Waals surface area contributed by atoms with E-state index >= 15 is 4.39 Å². The second kappa shape index (κ2) is 14.4. The number of methoxy groups -OCH3 is 1. The van der Waals surface area contributed by atoms with E-state index in [-0.39, 0.29) is 23.9 Å². The monoisotopic (exact) mass is 507 g/mol. The Balaban J connectivity index is 1.55. The first-order valence-electron chi connectivity index (χ1n) is 12.9. The molecule has 0 fully saturated rings. The fraction of sp³-hybridized carbons (Fsp3) is 0.387. The van der Waals surface area contributed by atoms with Crippen LogP contribution in [0.2, 0.25) is 0 Å². The zero-order valence-electron chi connectivity index (χ0n) is 22.1. The quantitative estimate of drug-likeness (QED) is 0.227. The Morgan fingerprint density at radius 2 is 1.76 bits per heavy atom. The molecule has 0 aliphatic heterocycles. The molecule has 6 heteroatoms. The zero-order chi connectivity index (χ0) is 26.6. The summed E-state index contributed by atoms with van der Waals surface area (Å²) in [5, 5.41) is 11.9. The molecule has 3 aromatic rings. The molecule has 0 saturated heterocycles. The van der Waals surface area contributed by atoms with Gasteiger partial charge in [-0.15, -0.1) is 0 Å². The first kappa shape index (κ1) is 28.2. The maximum absolute atomic E-state index is 15.2. The number of ether oxygens (including phenoxy) is 2. The minimum atomic E-state index is -0.770. The summed E-state index contributed by atoms with van der Waals surface area (Å²) in [6.07, 6.45) is 3.12. The third-order valence-electron chi connectivity index (χ3n) is 6.67. The molecule has 0 radical (unpaired) electrons. The fourth-order valence-corrected chi connectivity index (χ4v) is 4.40. The highest BCUT2D eigenvalue weighted by Crippen LogP contribution is 2.32. The molecule has 0 aliphatic carbocycles. The van der Waals surface area contributed by atoms with Crippen LogP contribution in [0.25, 0.3) is 0 Å². The largest absolute Gasteiger partial charge is 0.494 e. The summed E-state index contributed by atoms with van der Waals surface area (Å²) in [7, 11) is 1.50. The molecule has 2 N–H and O–H groups in total. The van der Waals surface area contributed by atoms with Gasteiger partial charge in [-0.25, -0.2) is 4.39 Å². The summed E-state index contributed by atoms with van der Waals surface area (Å²) in [6.45, 7) is 6.10. The summed E-state index contributed by atoms with van der Waals surface area (Å²) < 4.78 is 26.4. The lowest BCUT2D eigenvalue weighted by Crippen LogP contribution is -2.15. The molecule has 0 amide bonds. The fourth-order valence-electron chi connectivity index (χ4n) is 4.40. The summed E-state index contributed by atoms with van der Waals surface area (Å²) in [5.41, 5.74) is 5.48. The topological polar surface area (TPSA) is 67.8 Å². The van der Waals surface area contributed by atoms with E-state index in [0.29, 0.717) is 31.7 Å². The molecule has 3 aromatic carbocycles. The Kier molecular flexibility index (Phi) is 11.0. The molecule has 0 aromatic heterocycles. The number of halogens is 1. The second-order valence-electron chi connectivity index (χ2n) is 9.49. The van der Waals surface area contributed by atoms with Crippen molar-refractivity contribution in [2.45, 2.75) is 58.4 Å². The molecule has 0 heterocycles. The van der Waals surface area contributed by atoms with Gasteiger partial charge in [-0.05, 0) is 98.0 Å². The maximum atomic E-state index is 15.2. The Bertz CT molecular complexity index is 1150. The van der Waals surface area contributed by atoms with Crippen molar-refractivity contribution in [2.24, 2.45) is 0 Å². The molecular formula is C31H38FNO4. The minimum Gasteiger partial charge on any atom is -0.494 e. The maximum Gasteiger partial charge on any atom is 0.303 e. The third kappa shape index (κ3) is 8.90. The van der Waals surface area contributed by atoms with Crippen LogP contribution in [0.5, 0.6) is 11.5 Å². The predicted molar refractivity (Wildman–Crippen MR) is 145 cm³/mol. The van der Waals surface area contributed by atoms with Crippen LogP contribution in [0.3, 0.4) is 0 Å². The molecule has 5 nitrogen and oxygen atoms in total. The molecular weight excluding hydrogens is 469 g/mol. The van der Waals surface area contributed by atoms with Crippen molar-refractivity contribution in [3.05, 3.63) is 94.3 Å². The number of benzene rings is 3. The number of aryl methyl sites for hydroxylation is 2. The average molecular weight is 508 g/mol. The van der Waals surface area contributed by atoms with E-state index in [2.05, 4.69) is 37.4 Å². The van der Waals surface area contributed by atoms with Crippen LogP contribution in [0.15, 0.2) is 60.7 Å². The zero-order valence-corrected chi connectivity index (χ0v) is 22.1. The molecule has 0 bridgehead atoms. The van der Waals surface area contributed by atoms with Crippen LogP contribution in [0.4, 0.5) is 4.39 Å². The van der Waals surface area contributed by atoms with Crippen molar-refractivity contribution >= 4 is 5.97 Å². The molecule has 0 spiro atoms. The van der Waals surface area contributed by atoms with Crippen molar-refractivity contribution in [1.29, 1.82) is 0 Å². The van der Waals surface area contributed by atoms with Crippen LogP contribution >= 0.6 is 0 Å². The number of hydrogen-bond acceptors (Lipinski definition) is 4. The highest BCUT2D eigenvalue weighted by Gasteiger charge is 2.19. The van der Waals surface area contributed by atoms with Crippen molar-refractivity contribution in [2.75, 3.05) is 20.3 Å². The number of nitrogens with one attached hydrogen (secondary N) is 1. The molecule has 198 valence electrons. The minimum absolute atomic E-state index is 0.00961. The number of hydrogen-bond donors (Lipinski definition) is 2. The first-order chi connectivity index (χ1) is 17.9. The van der Waals surface area contributed by atoms with Gasteiger partial charge in [0.05, 0.1) is 13.7 Å². The van der Waals surface area contributed by atoms with Crippen LogP contribution in [-0.2, 0) is 17.8 Å². The molecule has 0 aliphatic rings. The van der Waals surface area contributed by atoms with Gasteiger partial charge in [-0.2, -0.15) is 0 Å². The van der Waals surface area contributed by atoms with Gasteiger partial charge in [-0.1, -0.05) is 42.5 Å². The predicted octanol–water partition coefficient (Wildman–Crippen LogP) is 6.59. The van der Waals surface area contributed by atoms with E-state index in [0.717, 1.165) is 30.6 Å². The molecule has 0 saturated carbocycles. The Labute approximate surface area is 219 Å². The number of carboxylic acid groups (broad SMARTS) is 1. The van der Waals surface area contributed by atoms with Gasteiger partial charge in [0.2, 0.25) is 0 Å². The van der Waals surface area contributed by atoms with E-state index in [9.17, 15) is 4.79 Å². The first-order valence-corrected chi connectivity index (χ1v) is 12.9. The standard InChI is InChI=1S/C31H38FNO4/c1-22-11-12-25(19-23(22)2)20-26(28-8-4-9-29(36-3)31(28)32)7-6-18-37-27-15-13-24(14-16-27)21-33-17-5-10-30(34)35/h4,8-9,11-16,19,26,33H,5-7,10,17-18,20-21H2,1-3H3,(H,34,35). The van der Waals surface area contributed by atoms with Crippen LogP contribution < -0.4 is 14.8 Å². The smallest absolute Gasteiger partial charge is 0.303 e. The number of carboxylic acids is 1. The SMILES string of the molecule is COc1cccc(C(CCCOc2ccc(CNCCCC(=O)O)cc2)Cc2ccc(C)c(C)c2)c1F. The van der Waals surface area contributed by atoms with Crippen molar-refractivity contribution < 1.29 is 23.8 Å². The van der Waals surface area contributed by atoms with Gasteiger partial charge >= 0.3 is 5.97 Å². The van der Waals surface area contributed by atoms with Crippen LogP contribution in [-0.4, -0.2) is 31.3 Å². The van der Waals surface area contributed by atoms with Gasteiger partial charge in [0.15, 0.2) is 11.6 Å². The molecule has 3 rings (SSSR count). The molecule has 1 unspecified atom stereocenters. The summed E-state index contributed by atoms with van der Waals surface area (Å²) >= 11 is 0. The van der Waals surface area contributed by atoms with Crippen LogP contribution in [0.1, 0.15) is 59.4 Å². The third-order valence-corrected chi connectivity index (χ3v) is 6.67. The lowest BCUT2D eigenvalue weighted by atomic mass is 9.87. The van der Waals surface area contributed by atoms with Crippen molar-refractivity contribution in [3.63, 3.8) is 0 Å².